The van der Waals surface area contributed by atoms with Gasteiger partial charge in [0.15, 0.2) is 6.61 Å². The molecule has 1 aromatic carbocycles. The summed E-state index contributed by atoms with van der Waals surface area (Å²) >= 11 is 0. The SMILES string of the molecule is NC(=O)[C@H]1CCCCN1C(=O)COC(=O)c1ccc(CO)cc1. The molecule has 1 saturated heterocycles. The number of rotatable bonds is 5. The first kappa shape index (κ1) is 17.0. The standard InChI is InChI=1S/C16H20N2O5/c17-15(21)13-3-1-2-8-18(13)14(20)10-23-16(22)12-6-4-11(9-19)5-7-12/h4-7,13,19H,1-3,8-10H2,(H2,17,21)/t13-/m1/s1. The molecule has 2 rings (SSSR count). The third kappa shape index (κ3) is 4.29. The monoisotopic (exact) mass is 320 g/mol. The summed E-state index contributed by atoms with van der Waals surface area (Å²) in [5, 5.41) is 8.95. The molecule has 124 valence electrons. The van der Waals surface area contributed by atoms with Crippen molar-refractivity contribution in [3.63, 3.8) is 0 Å². The quantitative estimate of drug-likeness (QED) is 0.753. The van der Waals surface area contributed by atoms with Crippen molar-refractivity contribution in [1.29, 1.82) is 0 Å². The molecule has 0 unspecified atom stereocenters. The van der Waals surface area contributed by atoms with Gasteiger partial charge in [-0.2, -0.15) is 0 Å². The van der Waals surface area contributed by atoms with Gasteiger partial charge in [0.25, 0.3) is 5.91 Å². The number of nitrogens with zero attached hydrogens (tertiary/aromatic N) is 1. The van der Waals surface area contributed by atoms with Gasteiger partial charge in [-0.25, -0.2) is 4.79 Å². The number of likely N-dealkylation sites (tertiary alicyclic amines) is 1. The summed E-state index contributed by atoms with van der Waals surface area (Å²) in [6, 6.07) is 5.62. The van der Waals surface area contributed by atoms with Gasteiger partial charge in [-0.3, -0.25) is 9.59 Å². The Morgan fingerprint density at radius 3 is 2.52 bits per heavy atom. The van der Waals surface area contributed by atoms with Crippen molar-refractivity contribution < 1.29 is 24.2 Å². The highest BCUT2D eigenvalue weighted by Crippen LogP contribution is 2.17. The van der Waals surface area contributed by atoms with Gasteiger partial charge in [-0.05, 0) is 37.0 Å². The molecule has 23 heavy (non-hydrogen) atoms. The highest BCUT2D eigenvalue weighted by atomic mass is 16.5. The van der Waals surface area contributed by atoms with Gasteiger partial charge in [0.1, 0.15) is 6.04 Å². The zero-order chi connectivity index (χ0) is 16.8. The number of esters is 1. The molecule has 7 nitrogen and oxygen atoms in total. The Labute approximate surface area is 134 Å². The summed E-state index contributed by atoms with van der Waals surface area (Å²) in [6.45, 7) is -0.100. The van der Waals surface area contributed by atoms with Crippen LogP contribution in [-0.2, 0) is 20.9 Å². The number of ether oxygens (including phenoxy) is 1. The molecule has 1 heterocycles. The van der Waals surface area contributed by atoms with Crippen LogP contribution in [0.4, 0.5) is 0 Å². The molecule has 0 bridgehead atoms. The molecule has 3 N–H and O–H groups in total. The number of amides is 2. The molecule has 2 amide bonds. The van der Waals surface area contributed by atoms with E-state index in [4.69, 9.17) is 15.6 Å². The van der Waals surface area contributed by atoms with Crippen LogP contribution in [0.1, 0.15) is 35.2 Å². The molecule has 1 atom stereocenters. The predicted octanol–water partition coefficient (Wildman–Crippen LogP) is 0.202. The molecule has 1 aliphatic rings. The summed E-state index contributed by atoms with van der Waals surface area (Å²) in [7, 11) is 0. The first-order valence-corrected chi connectivity index (χ1v) is 7.48. The Bertz CT molecular complexity index is 585. The van der Waals surface area contributed by atoms with Crippen LogP contribution in [0.2, 0.25) is 0 Å². The zero-order valence-electron chi connectivity index (χ0n) is 12.7. The van der Waals surface area contributed by atoms with Crippen molar-refractivity contribution >= 4 is 17.8 Å². The van der Waals surface area contributed by atoms with Crippen LogP contribution < -0.4 is 5.73 Å². The van der Waals surface area contributed by atoms with Crippen molar-refractivity contribution in [1.82, 2.24) is 4.90 Å². The number of primary amides is 1. The summed E-state index contributed by atoms with van der Waals surface area (Å²) in [6.07, 6.45) is 2.18. The lowest BCUT2D eigenvalue weighted by atomic mass is 10.0. The van der Waals surface area contributed by atoms with Gasteiger partial charge in [-0.15, -0.1) is 0 Å². The second-order valence-corrected chi connectivity index (χ2v) is 5.43. The number of hydrogen-bond acceptors (Lipinski definition) is 5. The fourth-order valence-corrected chi connectivity index (χ4v) is 2.57. The largest absolute Gasteiger partial charge is 0.452 e. The van der Waals surface area contributed by atoms with Crippen LogP contribution in [0.3, 0.4) is 0 Å². The van der Waals surface area contributed by atoms with Crippen molar-refractivity contribution in [3.8, 4) is 0 Å². The van der Waals surface area contributed by atoms with E-state index in [9.17, 15) is 14.4 Å². The average molecular weight is 320 g/mol. The number of carbonyl (C=O) groups excluding carboxylic acids is 3. The Balaban J connectivity index is 1.92. The third-order valence-corrected chi connectivity index (χ3v) is 3.85. The maximum Gasteiger partial charge on any atom is 0.338 e. The minimum absolute atomic E-state index is 0.114. The highest BCUT2D eigenvalue weighted by molar-refractivity contribution is 5.92. The second-order valence-electron chi connectivity index (χ2n) is 5.43. The number of nitrogens with two attached hydrogens (primary N) is 1. The second kappa shape index (κ2) is 7.73. The minimum Gasteiger partial charge on any atom is -0.452 e. The molecule has 1 fully saturated rings. The maximum absolute atomic E-state index is 12.2. The summed E-state index contributed by atoms with van der Waals surface area (Å²) in [5.41, 5.74) is 6.28. The molecule has 1 aliphatic heterocycles. The molecular weight excluding hydrogens is 300 g/mol. The maximum atomic E-state index is 12.2. The van der Waals surface area contributed by atoms with Gasteiger partial charge in [0.2, 0.25) is 5.91 Å². The smallest absolute Gasteiger partial charge is 0.338 e. The van der Waals surface area contributed by atoms with Gasteiger partial charge >= 0.3 is 5.97 Å². The summed E-state index contributed by atoms with van der Waals surface area (Å²) in [5.74, 6) is -1.59. The lowest BCUT2D eigenvalue weighted by Crippen LogP contribution is -2.51. The molecular formula is C16H20N2O5. The van der Waals surface area contributed by atoms with E-state index in [1.807, 2.05) is 0 Å². The number of hydrogen-bond donors (Lipinski definition) is 2. The fourth-order valence-electron chi connectivity index (χ4n) is 2.57. The molecule has 0 aliphatic carbocycles. The van der Waals surface area contributed by atoms with E-state index >= 15 is 0 Å². The van der Waals surface area contributed by atoms with Crippen LogP contribution in [0.25, 0.3) is 0 Å². The Kier molecular flexibility index (Phi) is 5.70. The van der Waals surface area contributed by atoms with E-state index in [-0.39, 0.29) is 6.61 Å². The number of aliphatic hydroxyl groups excluding tert-OH is 1. The van der Waals surface area contributed by atoms with Crippen molar-refractivity contribution in [2.24, 2.45) is 5.73 Å². The first-order valence-electron chi connectivity index (χ1n) is 7.48. The van der Waals surface area contributed by atoms with Crippen LogP contribution in [0.5, 0.6) is 0 Å². The molecule has 7 heteroatoms. The van der Waals surface area contributed by atoms with E-state index in [1.54, 1.807) is 12.1 Å². The fraction of sp³-hybridized carbons (Fsp3) is 0.438. The molecule has 0 spiro atoms. The average Bonchev–Trinajstić information content (AvgIpc) is 2.59. The third-order valence-electron chi connectivity index (χ3n) is 3.85. The number of aliphatic hydroxyl groups is 1. The number of piperidine rings is 1. The first-order chi connectivity index (χ1) is 11.0. The van der Waals surface area contributed by atoms with Crippen LogP contribution in [-0.4, -0.2) is 47.0 Å². The van der Waals surface area contributed by atoms with E-state index in [0.717, 1.165) is 12.8 Å². The van der Waals surface area contributed by atoms with Gasteiger partial charge in [0, 0.05) is 6.54 Å². The molecule has 0 aromatic heterocycles. The Morgan fingerprint density at radius 1 is 1.22 bits per heavy atom. The lowest BCUT2D eigenvalue weighted by molar-refractivity contribution is -0.143. The van der Waals surface area contributed by atoms with E-state index in [1.165, 1.54) is 17.0 Å². The van der Waals surface area contributed by atoms with Crippen molar-refractivity contribution in [3.05, 3.63) is 35.4 Å². The molecule has 1 aromatic rings. The van der Waals surface area contributed by atoms with E-state index < -0.39 is 30.4 Å². The normalized spacial score (nSPS) is 17.6. The van der Waals surface area contributed by atoms with Crippen LogP contribution in [0.15, 0.2) is 24.3 Å². The lowest BCUT2D eigenvalue weighted by Gasteiger charge is -2.33. The number of benzene rings is 1. The topological polar surface area (TPSA) is 110 Å². The van der Waals surface area contributed by atoms with Crippen LogP contribution >= 0.6 is 0 Å². The highest BCUT2D eigenvalue weighted by Gasteiger charge is 2.31. The van der Waals surface area contributed by atoms with Crippen LogP contribution in [0, 0.1) is 0 Å². The summed E-state index contributed by atoms with van der Waals surface area (Å²) in [4.78, 5) is 36.8. The van der Waals surface area contributed by atoms with Gasteiger partial charge in [-0.1, -0.05) is 12.1 Å². The zero-order valence-corrected chi connectivity index (χ0v) is 12.7. The van der Waals surface area contributed by atoms with Gasteiger partial charge < -0.3 is 20.5 Å². The minimum atomic E-state index is -0.629. The van der Waals surface area contributed by atoms with E-state index in [0.29, 0.717) is 24.1 Å². The van der Waals surface area contributed by atoms with Crippen molar-refractivity contribution in [2.75, 3.05) is 13.2 Å². The van der Waals surface area contributed by atoms with E-state index in [2.05, 4.69) is 0 Å². The Hall–Kier alpha value is -2.41. The summed E-state index contributed by atoms with van der Waals surface area (Å²) < 4.78 is 5.00. The predicted molar refractivity (Wildman–Crippen MR) is 81.2 cm³/mol. The number of carbonyl (C=O) groups is 3. The Morgan fingerprint density at radius 2 is 1.91 bits per heavy atom. The van der Waals surface area contributed by atoms with Crippen molar-refractivity contribution in [2.45, 2.75) is 31.9 Å². The van der Waals surface area contributed by atoms with Gasteiger partial charge in [0.05, 0.1) is 12.2 Å². The molecule has 0 saturated carbocycles. The molecule has 0 radical (unpaired) electrons.